The van der Waals surface area contributed by atoms with E-state index in [9.17, 15) is 13.2 Å². The number of likely N-dealkylation sites (tertiary alicyclic amines) is 1. The molecule has 0 spiro atoms. The smallest absolute Gasteiger partial charge is 0.231 e. The molecule has 43 heavy (non-hydrogen) atoms. The number of sulfonamides is 1. The molecule has 1 saturated carbocycles. The van der Waals surface area contributed by atoms with E-state index in [0.29, 0.717) is 28.6 Å². The van der Waals surface area contributed by atoms with E-state index in [1.54, 1.807) is 30.3 Å². The number of piperidine rings is 1. The minimum absolute atomic E-state index is 0.0329. The van der Waals surface area contributed by atoms with Gasteiger partial charge in [0.1, 0.15) is 0 Å². The molecule has 0 unspecified atom stereocenters. The van der Waals surface area contributed by atoms with Gasteiger partial charge in [0, 0.05) is 16.0 Å². The van der Waals surface area contributed by atoms with Crippen molar-refractivity contribution in [1.82, 2.24) is 4.90 Å². The largest absolute Gasteiger partial charge is 0.329 e. The first-order chi connectivity index (χ1) is 20.5. The average Bonchev–Trinajstić information content (AvgIpc) is 3.81. The highest BCUT2D eigenvalue weighted by Crippen LogP contribution is 2.54. The summed E-state index contributed by atoms with van der Waals surface area (Å²) < 4.78 is 28.0. The molecule has 0 N–H and O–H groups in total. The molecule has 6 nitrogen and oxygen atoms in total. The molecule has 5 rings (SSSR count). The minimum atomic E-state index is -3.80. The average molecular weight is 637 g/mol. The van der Waals surface area contributed by atoms with Crippen molar-refractivity contribution in [3.8, 4) is 0 Å². The first-order valence-electron chi connectivity index (χ1n) is 14.4. The van der Waals surface area contributed by atoms with Crippen LogP contribution in [0.15, 0.2) is 85.5 Å². The predicted octanol–water partition coefficient (Wildman–Crippen LogP) is 8.43. The van der Waals surface area contributed by atoms with Crippen molar-refractivity contribution in [2.45, 2.75) is 50.6 Å². The van der Waals surface area contributed by atoms with Gasteiger partial charge in [-0.15, -0.1) is 6.58 Å². The van der Waals surface area contributed by atoms with Crippen LogP contribution in [0.25, 0.3) is 4.85 Å². The van der Waals surface area contributed by atoms with E-state index in [1.165, 1.54) is 4.31 Å². The number of allylic oxidation sites excluding steroid dienone is 1. The van der Waals surface area contributed by atoms with Crippen molar-refractivity contribution in [3.05, 3.63) is 118 Å². The van der Waals surface area contributed by atoms with Gasteiger partial charge in [-0.05, 0) is 73.1 Å². The fraction of sp³-hybridized carbons (Fsp3) is 0.353. The fourth-order valence-electron chi connectivity index (χ4n) is 6.55. The van der Waals surface area contributed by atoms with Gasteiger partial charge >= 0.3 is 0 Å². The van der Waals surface area contributed by atoms with E-state index in [0.717, 1.165) is 30.2 Å². The van der Waals surface area contributed by atoms with E-state index in [4.69, 9.17) is 29.8 Å². The van der Waals surface area contributed by atoms with Crippen LogP contribution in [0.1, 0.15) is 55.7 Å². The normalized spacial score (nSPS) is 23.0. The molecule has 1 saturated heterocycles. The van der Waals surface area contributed by atoms with Gasteiger partial charge in [-0.1, -0.05) is 78.7 Å². The highest BCUT2D eigenvalue weighted by Gasteiger charge is 2.54. The summed E-state index contributed by atoms with van der Waals surface area (Å²) in [5, 5.41) is 1.20. The monoisotopic (exact) mass is 635 g/mol. The minimum Gasteiger partial charge on any atom is -0.329 e. The second-order valence-electron chi connectivity index (χ2n) is 11.9. The van der Waals surface area contributed by atoms with Gasteiger partial charge in [0.15, 0.2) is 0 Å². The molecule has 3 aromatic rings. The molecule has 0 radical (unpaired) electrons. The van der Waals surface area contributed by atoms with Crippen LogP contribution in [-0.2, 0) is 14.8 Å². The Labute approximate surface area is 264 Å². The fourth-order valence-corrected chi connectivity index (χ4v) is 7.81. The lowest BCUT2D eigenvalue weighted by molar-refractivity contribution is -0.154. The summed E-state index contributed by atoms with van der Waals surface area (Å²) in [7, 11) is -3.80. The molecule has 1 aliphatic carbocycles. The zero-order valence-corrected chi connectivity index (χ0v) is 26.6. The van der Waals surface area contributed by atoms with Crippen LogP contribution in [0.4, 0.5) is 11.4 Å². The van der Waals surface area contributed by atoms with Gasteiger partial charge in [0.05, 0.1) is 42.6 Å². The highest BCUT2D eigenvalue weighted by atomic mass is 35.5. The van der Waals surface area contributed by atoms with Crippen LogP contribution >= 0.6 is 23.2 Å². The van der Waals surface area contributed by atoms with Crippen LogP contribution in [0, 0.1) is 17.9 Å². The number of carbonyl (C=O) groups excluding carboxylic acids is 1. The summed E-state index contributed by atoms with van der Waals surface area (Å²) in [6.07, 6.45) is 5.74. The van der Waals surface area contributed by atoms with Crippen molar-refractivity contribution in [3.63, 3.8) is 0 Å². The lowest BCUT2D eigenvalue weighted by atomic mass is 9.67. The summed E-state index contributed by atoms with van der Waals surface area (Å²) >= 11 is 12.8. The number of carbonyl (C=O) groups is 1. The van der Waals surface area contributed by atoms with Crippen molar-refractivity contribution in [2.75, 3.05) is 17.1 Å². The van der Waals surface area contributed by atoms with Crippen molar-refractivity contribution < 1.29 is 13.2 Å². The van der Waals surface area contributed by atoms with E-state index in [-0.39, 0.29) is 30.0 Å². The molecular formula is C34H35Cl2N3O3S. The Morgan fingerprint density at radius 3 is 2.37 bits per heavy atom. The quantitative estimate of drug-likeness (QED) is 0.166. The standard InChI is InChI=1S/C34H35Cl2N3O3S/c1-5-19-34(2)21-28(25-9-8-10-27(36)20-25)32(24-15-17-26(35)18-16-24)39(33(34)40)31(23-13-14-23)22-38(43(4,41)42)30-12-7-6-11-29(30)37-3/h5-12,15-18,20,23,28,31-32H,1,13-14,19,21-22H2,2,4H3/t28-,31-,32-,34+/m1/s1. The lowest BCUT2D eigenvalue weighted by Crippen LogP contribution is -2.59. The zero-order chi connectivity index (χ0) is 30.9. The van der Waals surface area contributed by atoms with Gasteiger partial charge in [-0.2, -0.15) is 0 Å². The number of hydrogen-bond acceptors (Lipinski definition) is 3. The number of benzene rings is 3. The summed E-state index contributed by atoms with van der Waals surface area (Å²) in [6, 6.07) is 21.2. The number of nitrogens with zero attached hydrogens (tertiary/aromatic N) is 3. The second-order valence-corrected chi connectivity index (χ2v) is 14.7. The molecule has 1 heterocycles. The number of rotatable bonds is 10. The number of amides is 1. The predicted molar refractivity (Wildman–Crippen MR) is 174 cm³/mol. The summed E-state index contributed by atoms with van der Waals surface area (Å²) in [5.41, 5.74) is 1.72. The molecule has 9 heteroatoms. The molecule has 2 fully saturated rings. The molecular weight excluding hydrogens is 601 g/mol. The SMILES string of the molecule is [C-]#[N+]c1ccccc1N(C[C@H](C1CC1)N1C(=O)[C@@](C)(CC=C)C[C@H](c2cccc(Cl)c2)[C@H]1c1ccc(Cl)cc1)S(C)(=O)=O. The topological polar surface area (TPSA) is 62.1 Å². The Hall–Kier alpha value is -3.31. The van der Waals surface area contributed by atoms with E-state index in [1.807, 2.05) is 60.4 Å². The van der Waals surface area contributed by atoms with E-state index in [2.05, 4.69) is 11.4 Å². The van der Waals surface area contributed by atoms with Crippen LogP contribution in [-0.4, -0.2) is 38.1 Å². The molecule has 1 aliphatic heterocycles. The molecule has 0 aromatic heterocycles. The molecule has 224 valence electrons. The number of hydrogen-bond donors (Lipinski definition) is 0. The van der Waals surface area contributed by atoms with E-state index >= 15 is 0 Å². The van der Waals surface area contributed by atoms with Gasteiger partial charge in [-0.25, -0.2) is 13.3 Å². The van der Waals surface area contributed by atoms with Crippen molar-refractivity contribution in [2.24, 2.45) is 11.3 Å². The maximum atomic E-state index is 14.8. The third-order valence-corrected chi connectivity index (χ3v) is 10.4. The third-order valence-electron chi connectivity index (χ3n) is 8.73. The zero-order valence-electron chi connectivity index (χ0n) is 24.3. The van der Waals surface area contributed by atoms with Crippen LogP contribution in [0.2, 0.25) is 10.0 Å². The first-order valence-corrected chi connectivity index (χ1v) is 17.0. The van der Waals surface area contributed by atoms with Gasteiger partial charge < -0.3 is 4.90 Å². The summed E-state index contributed by atoms with van der Waals surface area (Å²) in [4.78, 5) is 20.4. The number of anilines is 1. The summed E-state index contributed by atoms with van der Waals surface area (Å²) in [5.74, 6) is -0.0605. The maximum absolute atomic E-state index is 14.8. The van der Waals surface area contributed by atoms with Crippen molar-refractivity contribution >= 4 is 50.5 Å². The summed E-state index contributed by atoms with van der Waals surface area (Å²) in [6.45, 7) is 13.7. The van der Waals surface area contributed by atoms with Crippen LogP contribution in [0.5, 0.6) is 0 Å². The van der Waals surface area contributed by atoms with E-state index < -0.39 is 27.5 Å². The maximum Gasteiger partial charge on any atom is 0.231 e. The highest BCUT2D eigenvalue weighted by molar-refractivity contribution is 7.92. The Balaban J connectivity index is 1.71. The molecule has 4 atom stereocenters. The van der Waals surface area contributed by atoms with Crippen LogP contribution in [0.3, 0.4) is 0 Å². The van der Waals surface area contributed by atoms with Gasteiger partial charge in [0.2, 0.25) is 21.6 Å². The second kappa shape index (κ2) is 12.4. The van der Waals surface area contributed by atoms with Gasteiger partial charge in [0.25, 0.3) is 0 Å². The molecule has 2 aliphatic rings. The number of halogens is 2. The van der Waals surface area contributed by atoms with Gasteiger partial charge in [-0.3, -0.25) is 9.10 Å². The Morgan fingerprint density at radius 1 is 1.07 bits per heavy atom. The third kappa shape index (κ3) is 6.47. The van der Waals surface area contributed by atoms with Crippen molar-refractivity contribution in [1.29, 1.82) is 0 Å². The number of para-hydroxylation sites is 2. The molecule has 0 bridgehead atoms. The molecule has 3 aromatic carbocycles. The Morgan fingerprint density at radius 2 is 1.77 bits per heavy atom. The Kier molecular flexibility index (Phi) is 8.94. The Bertz CT molecular complexity index is 1670. The first kappa shape index (κ1) is 31.1. The lowest BCUT2D eigenvalue weighted by Gasteiger charge is -2.53. The van der Waals surface area contributed by atoms with Crippen LogP contribution < -0.4 is 4.31 Å². The molecule has 1 amide bonds.